The van der Waals surface area contributed by atoms with Gasteiger partial charge in [0.05, 0.1) is 22.3 Å². The maximum absolute atomic E-state index is 14.1. The van der Waals surface area contributed by atoms with Crippen molar-refractivity contribution >= 4 is 16.8 Å². The zero-order valence-corrected chi connectivity index (χ0v) is 19.1. The van der Waals surface area contributed by atoms with Crippen LogP contribution >= 0.6 is 0 Å². The van der Waals surface area contributed by atoms with E-state index in [0.29, 0.717) is 30.4 Å². The maximum atomic E-state index is 14.1. The van der Waals surface area contributed by atoms with Gasteiger partial charge in [0.2, 0.25) is 0 Å². The molecule has 6 nitrogen and oxygen atoms in total. The van der Waals surface area contributed by atoms with Crippen molar-refractivity contribution in [3.63, 3.8) is 0 Å². The minimum atomic E-state index is -1.34. The summed E-state index contributed by atoms with van der Waals surface area (Å²) in [5.74, 6) is 3.14. The summed E-state index contributed by atoms with van der Waals surface area (Å²) in [4.78, 5) is 6.90. The third-order valence-electron chi connectivity index (χ3n) is 6.46. The lowest BCUT2D eigenvalue weighted by Gasteiger charge is -2.17. The molecule has 0 amide bonds. The van der Waals surface area contributed by atoms with Crippen LogP contribution in [0.4, 0.5) is 10.4 Å². The Morgan fingerprint density at radius 1 is 1.16 bits per heavy atom. The van der Waals surface area contributed by atoms with Gasteiger partial charge in [0.25, 0.3) is 0 Å². The van der Waals surface area contributed by atoms with Crippen LogP contribution in [0, 0.1) is 23.6 Å². The van der Waals surface area contributed by atoms with E-state index in [-0.39, 0.29) is 10.8 Å². The largest absolute Gasteiger partial charge is 0.493 e. The third kappa shape index (κ3) is 4.03. The maximum Gasteiger partial charge on any atom is 0.324 e. The number of fused-ring (bicyclic) bond motifs is 1. The standard InChI is InChI=1S/C24H26FN3O3S/c1-14(2)23-26-24(31-27-23)28-11-18-19(12-28)20(18)13-30-17-7-4-15(5-8-17)16-6-9-22(32(3)29)21(25)10-16/h4-10,14,18-20H,11-13H2,1-3H3/t18-,19+,20?,32?. The van der Waals surface area contributed by atoms with Crippen LogP contribution in [0.25, 0.3) is 11.1 Å². The van der Waals surface area contributed by atoms with E-state index in [4.69, 9.17) is 9.26 Å². The first-order chi connectivity index (χ1) is 15.4. The van der Waals surface area contributed by atoms with Crippen LogP contribution in [0.15, 0.2) is 51.9 Å². The fraction of sp³-hybridized carbons (Fsp3) is 0.417. The molecule has 3 aromatic rings. The number of piperidine rings is 1. The molecule has 1 aromatic heterocycles. The van der Waals surface area contributed by atoms with E-state index >= 15 is 0 Å². The topological polar surface area (TPSA) is 68.5 Å². The SMILES string of the molecule is CC(C)c1noc(N2C[C@@H]3C(COc4ccc(-c5ccc(S(C)=O)c(F)c5)cc4)[C@@H]3C2)n1. The first-order valence-electron chi connectivity index (χ1n) is 10.9. The van der Waals surface area contributed by atoms with E-state index < -0.39 is 16.6 Å². The molecule has 2 aromatic carbocycles. The van der Waals surface area contributed by atoms with Gasteiger partial charge in [0.1, 0.15) is 11.6 Å². The summed E-state index contributed by atoms with van der Waals surface area (Å²) in [5, 5.41) is 4.05. The highest BCUT2D eigenvalue weighted by atomic mass is 32.2. The zero-order chi connectivity index (χ0) is 22.4. The molecule has 4 atom stereocenters. The molecule has 2 aliphatic rings. The average Bonchev–Trinajstić information content (AvgIpc) is 3.16. The van der Waals surface area contributed by atoms with Crippen molar-refractivity contribution in [2.75, 3.05) is 30.9 Å². The monoisotopic (exact) mass is 455 g/mol. The Bertz CT molecular complexity index is 1140. The molecule has 1 saturated carbocycles. The third-order valence-corrected chi connectivity index (χ3v) is 7.41. The van der Waals surface area contributed by atoms with Crippen LogP contribution in [-0.4, -0.2) is 40.3 Å². The molecule has 168 valence electrons. The number of hydrogen-bond acceptors (Lipinski definition) is 6. The Labute approximate surface area is 189 Å². The summed E-state index contributed by atoms with van der Waals surface area (Å²) >= 11 is 0. The van der Waals surface area contributed by atoms with Gasteiger partial charge in [-0.1, -0.05) is 37.2 Å². The van der Waals surface area contributed by atoms with E-state index in [1.165, 1.54) is 12.3 Å². The molecular formula is C24H26FN3O3S. The van der Waals surface area contributed by atoms with Crippen molar-refractivity contribution in [2.45, 2.75) is 24.7 Å². The van der Waals surface area contributed by atoms with E-state index in [1.54, 1.807) is 12.1 Å². The summed E-state index contributed by atoms with van der Waals surface area (Å²) in [7, 11) is -1.34. The van der Waals surface area contributed by atoms with Crippen molar-refractivity contribution in [1.29, 1.82) is 0 Å². The molecule has 32 heavy (non-hydrogen) atoms. The quantitative estimate of drug-likeness (QED) is 0.523. The van der Waals surface area contributed by atoms with Gasteiger partial charge in [0, 0.05) is 31.2 Å². The lowest BCUT2D eigenvalue weighted by Crippen LogP contribution is -2.25. The molecule has 2 unspecified atom stereocenters. The first kappa shape index (κ1) is 21.1. The fourth-order valence-corrected chi connectivity index (χ4v) is 5.08. The van der Waals surface area contributed by atoms with Crippen molar-refractivity contribution in [3.05, 3.63) is 54.1 Å². The summed E-state index contributed by atoms with van der Waals surface area (Å²) in [6, 6.07) is 13.1. The number of aromatic nitrogens is 2. The lowest BCUT2D eigenvalue weighted by atomic mass is 10.1. The van der Waals surface area contributed by atoms with E-state index in [1.807, 2.05) is 24.3 Å². The second-order valence-corrected chi connectivity index (χ2v) is 10.3. The minimum Gasteiger partial charge on any atom is -0.493 e. The van der Waals surface area contributed by atoms with Crippen LogP contribution in [0.2, 0.25) is 0 Å². The summed E-state index contributed by atoms with van der Waals surface area (Å²) in [5.41, 5.74) is 1.64. The average molecular weight is 456 g/mol. The van der Waals surface area contributed by atoms with Crippen LogP contribution in [0.3, 0.4) is 0 Å². The molecule has 1 aliphatic heterocycles. The van der Waals surface area contributed by atoms with Crippen molar-refractivity contribution < 1.29 is 17.9 Å². The highest BCUT2D eigenvalue weighted by Crippen LogP contribution is 2.52. The number of halogens is 1. The minimum absolute atomic E-state index is 0.224. The van der Waals surface area contributed by atoms with Gasteiger partial charge in [0.15, 0.2) is 5.82 Å². The first-order valence-corrected chi connectivity index (χ1v) is 12.4. The van der Waals surface area contributed by atoms with Crippen LogP contribution in [0.5, 0.6) is 5.75 Å². The highest BCUT2D eigenvalue weighted by Gasteiger charge is 2.56. The van der Waals surface area contributed by atoms with Gasteiger partial charge in [-0.15, -0.1) is 0 Å². The number of benzene rings is 2. The number of nitrogens with zero attached hydrogens (tertiary/aromatic N) is 3. The van der Waals surface area contributed by atoms with E-state index in [9.17, 15) is 8.60 Å². The molecule has 0 bridgehead atoms. The zero-order valence-electron chi connectivity index (χ0n) is 18.3. The van der Waals surface area contributed by atoms with Crippen LogP contribution in [-0.2, 0) is 10.8 Å². The summed E-state index contributed by atoms with van der Waals surface area (Å²) in [6.07, 6.45) is 1.48. The Hall–Kier alpha value is -2.74. The molecule has 2 heterocycles. The molecule has 1 saturated heterocycles. The number of hydrogen-bond donors (Lipinski definition) is 0. The van der Waals surface area contributed by atoms with Gasteiger partial charge in [-0.3, -0.25) is 4.21 Å². The predicted molar refractivity (Wildman–Crippen MR) is 121 cm³/mol. The molecular weight excluding hydrogens is 429 g/mol. The number of anilines is 1. The highest BCUT2D eigenvalue weighted by molar-refractivity contribution is 7.84. The van der Waals surface area contributed by atoms with Gasteiger partial charge < -0.3 is 14.2 Å². The molecule has 8 heteroatoms. The lowest BCUT2D eigenvalue weighted by molar-refractivity contribution is 0.282. The normalized spacial score (nSPS) is 22.8. The van der Waals surface area contributed by atoms with Crippen LogP contribution < -0.4 is 9.64 Å². The van der Waals surface area contributed by atoms with E-state index in [2.05, 4.69) is 28.9 Å². The van der Waals surface area contributed by atoms with Crippen LogP contribution in [0.1, 0.15) is 25.6 Å². The number of ether oxygens (including phenoxy) is 1. The smallest absolute Gasteiger partial charge is 0.324 e. The Kier molecular flexibility index (Phi) is 5.49. The van der Waals surface area contributed by atoms with Gasteiger partial charge in [-0.25, -0.2) is 4.39 Å². The molecule has 1 aliphatic carbocycles. The molecule has 0 spiro atoms. The second-order valence-electron chi connectivity index (χ2n) is 8.92. The van der Waals surface area contributed by atoms with Gasteiger partial charge >= 0.3 is 6.01 Å². The Balaban J connectivity index is 1.14. The molecule has 0 N–H and O–H groups in total. The Morgan fingerprint density at radius 2 is 1.84 bits per heavy atom. The van der Waals surface area contributed by atoms with Gasteiger partial charge in [-0.05, 0) is 47.2 Å². The molecule has 0 radical (unpaired) electrons. The van der Waals surface area contributed by atoms with Crippen molar-refractivity contribution in [2.24, 2.45) is 17.8 Å². The number of rotatable bonds is 7. The summed E-state index contributed by atoms with van der Waals surface area (Å²) < 4.78 is 37.1. The predicted octanol–water partition coefficient (Wildman–Crippen LogP) is 4.50. The summed E-state index contributed by atoms with van der Waals surface area (Å²) in [6.45, 7) is 6.66. The Morgan fingerprint density at radius 3 is 2.44 bits per heavy atom. The van der Waals surface area contributed by atoms with E-state index in [0.717, 1.165) is 35.8 Å². The molecule has 2 fully saturated rings. The van der Waals surface area contributed by atoms with Crippen molar-refractivity contribution in [1.82, 2.24) is 10.1 Å². The second kappa shape index (κ2) is 8.31. The van der Waals surface area contributed by atoms with Crippen molar-refractivity contribution in [3.8, 4) is 16.9 Å². The fourth-order valence-electron chi connectivity index (χ4n) is 4.49. The van der Waals surface area contributed by atoms with Gasteiger partial charge in [-0.2, -0.15) is 4.98 Å². The molecule has 5 rings (SSSR count).